The highest BCUT2D eigenvalue weighted by molar-refractivity contribution is 7.22. The van der Waals surface area contributed by atoms with Crippen LogP contribution in [0.3, 0.4) is 0 Å². The summed E-state index contributed by atoms with van der Waals surface area (Å²) in [5.41, 5.74) is 4.91. The summed E-state index contributed by atoms with van der Waals surface area (Å²) in [7, 11) is 3.74. The van der Waals surface area contributed by atoms with Gasteiger partial charge in [-0.2, -0.15) is 0 Å². The Bertz CT molecular complexity index is 2970. The molecule has 0 N–H and O–H groups in total. The molecule has 0 aliphatic carbocycles. The Morgan fingerprint density at radius 3 is 2.54 bits per heavy atom. The smallest absolute Gasteiger partial charge is 0.347 e. The van der Waals surface area contributed by atoms with Gasteiger partial charge >= 0.3 is 5.97 Å². The molecule has 9 rings (SSSR count). The van der Waals surface area contributed by atoms with E-state index in [1.165, 1.54) is 23.7 Å². The number of methoxy groups -OCH3 is 1. The van der Waals surface area contributed by atoms with Crippen LogP contribution in [0.4, 0.5) is 4.39 Å². The van der Waals surface area contributed by atoms with E-state index >= 15 is 4.39 Å². The molecule has 0 saturated carbocycles. The van der Waals surface area contributed by atoms with Gasteiger partial charge in [0.2, 0.25) is 12.0 Å². The predicted octanol–water partition coefficient (Wildman–Crippen LogP) is 10.3. The van der Waals surface area contributed by atoms with E-state index in [1.807, 2.05) is 67.6 Å². The van der Waals surface area contributed by atoms with Crippen LogP contribution in [0.15, 0.2) is 97.5 Å². The van der Waals surface area contributed by atoms with Crippen LogP contribution in [0.2, 0.25) is 5.02 Å². The topological polar surface area (TPSA) is 140 Å². The number of halogens is 2. The molecule has 5 heterocycles. The first kappa shape index (κ1) is 49.5. The number of piperazine rings is 1. The Morgan fingerprint density at radius 2 is 1.73 bits per heavy atom. The van der Waals surface area contributed by atoms with Crippen molar-refractivity contribution in [3.8, 4) is 61.8 Å². The minimum absolute atomic E-state index is 0.0655. The number of para-hydroxylation sites is 2. The maximum absolute atomic E-state index is 15.5. The number of hydrogen-bond donors (Lipinski definition) is 0. The van der Waals surface area contributed by atoms with E-state index < -0.39 is 24.2 Å². The molecule has 370 valence electrons. The molecule has 17 heteroatoms. The largest absolute Gasteiger partial charge is 0.496 e. The van der Waals surface area contributed by atoms with E-state index in [1.54, 1.807) is 38.4 Å². The second-order valence-corrected chi connectivity index (χ2v) is 18.7. The van der Waals surface area contributed by atoms with Crippen LogP contribution in [-0.2, 0) is 27.3 Å². The number of thiophene rings is 1. The lowest BCUT2D eigenvalue weighted by atomic mass is 9.95. The molecule has 2 fully saturated rings. The lowest BCUT2D eigenvalue weighted by Gasteiger charge is -2.32. The van der Waals surface area contributed by atoms with Crippen molar-refractivity contribution in [2.75, 3.05) is 66.7 Å². The van der Waals surface area contributed by atoms with Crippen molar-refractivity contribution >= 4 is 39.1 Å². The van der Waals surface area contributed by atoms with Gasteiger partial charge in [0.25, 0.3) is 0 Å². The molecule has 4 aromatic carbocycles. The molecule has 0 radical (unpaired) electrons. The van der Waals surface area contributed by atoms with Crippen LogP contribution < -0.4 is 23.7 Å². The minimum Gasteiger partial charge on any atom is -0.496 e. The minimum atomic E-state index is -1.17. The zero-order chi connectivity index (χ0) is 49.3. The molecule has 0 spiro atoms. The summed E-state index contributed by atoms with van der Waals surface area (Å²) >= 11 is 8.58. The van der Waals surface area contributed by atoms with Gasteiger partial charge in [0.15, 0.2) is 23.7 Å². The average molecular weight is 1000 g/mol. The monoisotopic (exact) mass is 1000 g/mol. The standard InChI is InChI=1S/C54H56ClFN6O8S/c1-5-65-54(63)45(30-35-12-6-8-14-41(35)68-32-37-21-22-57-51(60-37)39-13-7-9-15-42(39)64-4)70-52-48-47(38-18-20-43(49(55)34(38)2)66-29-27-62-25-23-61(3)24-26-62)50(71-53(48)59-33-58-52)36-17-19-40(56)44(31-36)69-46-16-10-11-28-67-46/h6-9,12-15,17-22,31,33,45-46H,5,10-11,16,23-30,32H2,1-4H3/t45-,46?/m1/s1. The molecule has 2 saturated heterocycles. The highest BCUT2D eigenvalue weighted by atomic mass is 35.5. The van der Waals surface area contributed by atoms with E-state index in [4.69, 9.17) is 54.7 Å². The summed E-state index contributed by atoms with van der Waals surface area (Å²) in [6.07, 6.45) is 3.91. The van der Waals surface area contributed by atoms with Gasteiger partial charge in [0.05, 0.1) is 42.0 Å². The van der Waals surface area contributed by atoms with E-state index in [0.717, 1.165) is 67.1 Å². The molecule has 0 amide bonds. The fourth-order valence-electron chi connectivity index (χ4n) is 8.68. The van der Waals surface area contributed by atoms with Crippen LogP contribution in [0, 0.1) is 12.7 Å². The van der Waals surface area contributed by atoms with E-state index in [-0.39, 0.29) is 31.3 Å². The Balaban J connectivity index is 1.06. The summed E-state index contributed by atoms with van der Waals surface area (Å²) in [5.74, 6) is 1.35. The predicted molar refractivity (Wildman–Crippen MR) is 271 cm³/mol. The lowest BCUT2D eigenvalue weighted by molar-refractivity contribution is -0.151. The molecule has 2 atom stereocenters. The quantitative estimate of drug-likeness (QED) is 0.0710. The number of fused-ring (bicyclic) bond motifs is 1. The van der Waals surface area contributed by atoms with Gasteiger partial charge in [-0.1, -0.05) is 54.1 Å². The molecule has 1 unspecified atom stereocenters. The third kappa shape index (κ3) is 11.7. The van der Waals surface area contributed by atoms with Crippen molar-refractivity contribution in [2.24, 2.45) is 0 Å². The average Bonchev–Trinajstić information content (AvgIpc) is 3.79. The van der Waals surface area contributed by atoms with Gasteiger partial charge in [-0.05, 0) is 98.5 Å². The Kier molecular flexibility index (Phi) is 16.2. The van der Waals surface area contributed by atoms with Gasteiger partial charge in [0, 0.05) is 62.2 Å². The zero-order valence-corrected chi connectivity index (χ0v) is 41.8. The molecule has 7 aromatic rings. The first-order valence-corrected chi connectivity index (χ1v) is 25.0. The number of ether oxygens (including phenoxy) is 7. The summed E-state index contributed by atoms with van der Waals surface area (Å²) in [6.45, 7) is 9.68. The molecule has 71 heavy (non-hydrogen) atoms. The fourth-order valence-corrected chi connectivity index (χ4v) is 10.0. The number of benzene rings is 4. The van der Waals surface area contributed by atoms with Crippen molar-refractivity contribution in [2.45, 2.75) is 58.5 Å². The highest BCUT2D eigenvalue weighted by Gasteiger charge is 2.30. The molecule has 2 aliphatic rings. The number of carbonyl (C=O) groups excluding carboxylic acids is 1. The van der Waals surface area contributed by atoms with Gasteiger partial charge in [0.1, 0.15) is 41.6 Å². The van der Waals surface area contributed by atoms with Crippen molar-refractivity contribution < 1.29 is 42.3 Å². The molecular weight excluding hydrogens is 947 g/mol. The molecular formula is C54H56ClFN6O8S. The maximum Gasteiger partial charge on any atom is 0.347 e. The van der Waals surface area contributed by atoms with Gasteiger partial charge < -0.3 is 38.1 Å². The molecule has 14 nitrogen and oxygen atoms in total. The Hall–Kier alpha value is -6.43. The van der Waals surface area contributed by atoms with Crippen LogP contribution >= 0.6 is 22.9 Å². The van der Waals surface area contributed by atoms with Crippen LogP contribution in [0.25, 0.3) is 43.2 Å². The van der Waals surface area contributed by atoms with Crippen molar-refractivity contribution in [3.63, 3.8) is 0 Å². The second kappa shape index (κ2) is 23.2. The van der Waals surface area contributed by atoms with Crippen molar-refractivity contribution in [1.82, 2.24) is 29.7 Å². The van der Waals surface area contributed by atoms with Crippen LogP contribution in [0.1, 0.15) is 43.0 Å². The Morgan fingerprint density at radius 1 is 0.915 bits per heavy atom. The first-order chi connectivity index (χ1) is 34.7. The molecule has 3 aromatic heterocycles. The molecule has 0 bridgehead atoms. The number of hydrogen-bond acceptors (Lipinski definition) is 15. The molecule has 2 aliphatic heterocycles. The summed E-state index contributed by atoms with van der Waals surface area (Å²) in [4.78, 5) is 38.6. The number of carbonyl (C=O) groups is 1. The number of esters is 1. The van der Waals surface area contributed by atoms with E-state index in [9.17, 15) is 4.79 Å². The third-order valence-corrected chi connectivity index (χ3v) is 14.2. The fraction of sp³-hybridized carbons (Fsp3) is 0.352. The van der Waals surface area contributed by atoms with Crippen LogP contribution in [-0.4, -0.2) is 115 Å². The lowest BCUT2D eigenvalue weighted by Crippen LogP contribution is -2.45. The van der Waals surface area contributed by atoms with Crippen molar-refractivity contribution in [1.29, 1.82) is 0 Å². The second-order valence-electron chi connectivity index (χ2n) is 17.3. The van der Waals surface area contributed by atoms with E-state index in [0.29, 0.717) is 80.3 Å². The van der Waals surface area contributed by atoms with E-state index in [2.05, 4.69) is 26.8 Å². The highest BCUT2D eigenvalue weighted by Crippen LogP contribution is 2.50. The van der Waals surface area contributed by atoms with Crippen LogP contribution in [0.5, 0.6) is 28.9 Å². The summed E-state index contributed by atoms with van der Waals surface area (Å²) in [6, 6.07) is 25.4. The van der Waals surface area contributed by atoms with Gasteiger partial charge in [-0.3, -0.25) is 4.90 Å². The summed E-state index contributed by atoms with van der Waals surface area (Å²) < 4.78 is 58.1. The summed E-state index contributed by atoms with van der Waals surface area (Å²) in [5, 5.41) is 0.980. The number of nitrogens with zero attached hydrogens (tertiary/aromatic N) is 6. The zero-order valence-electron chi connectivity index (χ0n) is 40.2. The SMILES string of the molecule is CCOC(=O)[C@@H](Cc1ccccc1OCc1ccnc(-c2ccccc2OC)n1)Oc1ncnc2sc(-c3ccc(F)c(OC4CCCCO4)c3)c(-c3ccc(OCCN4CCN(C)CC4)c(Cl)c3C)c12. The van der Waals surface area contributed by atoms with Crippen molar-refractivity contribution in [3.05, 3.63) is 125 Å². The van der Waals surface area contributed by atoms with Gasteiger partial charge in [-0.15, -0.1) is 11.3 Å². The Labute approximate surface area is 421 Å². The number of likely N-dealkylation sites (N-methyl/N-ethyl adjacent to an activating group) is 1. The van der Waals surface area contributed by atoms with Gasteiger partial charge in [-0.25, -0.2) is 29.1 Å². The number of rotatable bonds is 19. The third-order valence-electron chi connectivity index (χ3n) is 12.5. The normalized spacial score (nSPS) is 15.8. The first-order valence-electron chi connectivity index (χ1n) is 23.9. The maximum atomic E-state index is 15.5. The number of aromatic nitrogens is 4.